The Morgan fingerprint density at radius 3 is 2.65 bits per heavy atom. The van der Waals surface area contributed by atoms with Crippen LogP contribution < -0.4 is 10.6 Å². The fourth-order valence-corrected chi connectivity index (χ4v) is 2.27. The zero-order chi connectivity index (χ0) is 14.7. The lowest BCUT2D eigenvalue weighted by atomic mass is 10.1. The number of hydrogen-bond acceptors (Lipinski definition) is 3. The van der Waals surface area contributed by atoms with Gasteiger partial charge in [-0.3, -0.25) is 9.59 Å². The van der Waals surface area contributed by atoms with Gasteiger partial charge in [-0.05, 0) is 25.1 Å². The number of carbonyl (C=O) groups is 2. The average Bonchev–Trinajstić information content (AvgIpc) is 2.72. The molecule has 0 unspecified atom stereocenters. The number of carbonyl (C=O) groups excluding carboxylic acids is 2. The molecule has 0 aliphatic heterocycles. The van der Waals surface area contributed by atoms with Gasteiger partial charge in [0.2, 0.25) is 5.91 Å². The summed E-state index contributed by atoms with van der Waals surface area (Å²) < 4.78 is 6.51. The molecule has 2 rings (SSSR count). The van der Waals surface area contributed by atoms with E-state index in [2.05, 4.69) is 26.6 Å². The van der Waals surface area contributed by atoms with E-state index >= 15 is 0 Å². The van der Waals surface area contributed by atoms with E-state index in [1.807, 2.05) is 25.1 Å². The molecule has 2 N–H and O–H groups in total. The van der Waals surface area contributed by atoms with E-state index in [0.29, 0.717) is 24.4 Å². The summed E-state index contributed by atoms with van der Waals surface area (Å²) in [7, 11) is 0. The van der Waals surface area contributed by atoms with Crippen LogP contribution in [0.4, 0.5) is 0 Å². The second-order valence-electron chi connectivity index (χ2n) is 4.44. The monoisotopic (exact) mass is 338 g/mol. The van der Waals surface area contributed by atoms with Crippen LogP contribution in [0.25, 0.3) is 11.0 Å². The molecule has 2 aromatic rings. The van der Waals surface area contributed by atoms with Crippen molar-refractivity contribution < 1.29 is 14.0 Å². The van der Waals surface area contributed by atoms with Crippen molar-refractivity contribution in [2.24, 2.45) is 0 Å². The first-order chi connectivity index (χ1) is 9.49. The molecule has 6 heteroatoms. The van der Waals surface area contributed by atoms with E-state index in [-0.39, 0.29) is 11.8 Å². The van der Waals surface area contributed by atoms with Crippen LogP contribution in [0.1, 0.15) is 23.0 Å². The normalized spacial score (nSPS) is 10.6. The fraction of sp³-hybridized carbons (Fsp3) is 0.286. The van der Waals surface area contributed by atoms with Gasteiger partial charge in [-0.15, -0.1) is 0 Å². The van der Waals surface area contributed by atoms with Gasteiger partial charge < -0.3 is 15.1 Å². The Hall–Kier alpha value is -1.82. The minimum atomic E-state index is -0.278. The van der Waals surface area contributed by atoms with Crippen LogP contribution in [0.2, 0.25) is 0 Å². The Morgan fingerprint density at radius 1 is 1.25 bits per heavy atom. The van der Waals surface area contributed by atoms with Crippen molar-refractivity contribution in [3.05, 3.63) is 34.0 Å². The second-order valence-corrected chi connectivity index (χ2v) is 5.35. The zero-order valence-electron chi connectivity index (χ0n) is 11.2. The molecule has 0 atom stereocenters. The standard InChI is InChI=1S/C14H15BrN2O3/c1-8-11-7-10(15)3-4-12(11)20-13(8)14(19)17-6-5-16-9(2)18/h3-4,7H,5-6H2,1-2H3,(H,16,18)(H,17,19). The third-order valence-electron chi connectivity index (χ3n) is 2.89. The van der Waals surface area contributed by atoms with Gasteiger partial charge in [-0.1, -0.05) is 15.9 Å². The fourth-order valence-electron chi connectivity index (χ4n) is 1.90. The number of aryl methyl sites for hydroxylation is 1. The summed E-state index contributed by atoms with van der Waals surface area (Å²) in [4.78, 5) is 22.8. The maximum absolute atomic E-state index is 12.0. The van der Waals surface area contributed by atoms with Gasteiger partial charge in [0.1, 0.15) is 5.58 Å². The molecular formula is C14H15BrN2O3. The zero-order valence-corrected chi connectivity index (χ0v) is 12.8. The van der Waals surface area contributed by atoms with Gasteiger partial charge >= 0.3 is 0 Å². The number of benzene rings is 1. The highest BCUT2D eigenvalue weighted by molar-refractivity contribution is 9.10. The molecule has 2 amide bonds. The minimum Gasteiger partial charge on any atom is -0.451 e. The second kappa shape index (κ2) is 6.09. The van der Waals surface area contributed by atoms with Crippen molar-refractivity contribution in [3.63, 3.8) is 0 Å². The van der Waals surface area contributed by atoms with Gasteiger partial charge in [0, 0.05) is 35.4 Å². The van der Waals surface area contributed by atoms with E-state index in [1.165, 1.54) is 6.92 Å². The smallest absolute Gasteiger partial charge is 0.287 e. The van der Waals surface area contributed by atoms with E-state index < -0.39 is 0 Å². The van der Waals surface area contributed by atoms with Crippen molar-refractivity contribution in [2.75, 3.05) is 13.1 Å². The molecule has 0 saturated heterocycles. The van der Waals surface area contributed by atoms with Crippen LogP contribution in [-0.4, -0.2) is 24.9 Å². The lowest BCUT2D eigenvalue weighted by Crippen LogP contribution is -2.33. The van der Waals surface area contributed by atoms with Crippen molar-refractivity contribution in [1.82, 2.24) is 10.6 Å². The number of amides is 2. The third kappa shape index (κ3) is 3.19. The van der Waals surface area contributed by atoms with Crippen molar-refractivity contribution >= 4 is 38.7 Å². The molecule has 0 bridgehead atoms. The molecule has 0 saturated carbocycles. The molecule has 1 aromatic carbocycles. The van der Waals surface area contributed by atoms with E-state index in [1.54, 1.807) is 0 Å². The Labute approximate surface area is 124 Å². The highest BCUT2D eigenvalue weighted by Crippen LogP contribution is 2.27. The van der Waals surface area contributed by atoms with Crippen LogP contribution in [0.3, 0.4) is 0 Å². The Morgan fingerprint density at radius 2 is 1.95 bits per heavy atom. The molecule has 0 radical (unpaired) electrons. The summed E-state index contributed by atoms with van der Waals surface area (Å²) >= 11 is 3.40. The number of halogens is 1. The van der Waals surface area contributed by atoms with Crippen LogP contribution in [0.5, 0.6) is 0 Å². The molecule has 0 fully saturated rings. The molecule has 1 heterocycles. The molecule has 20 heavy (non-hydrogen) atoms. The Bertz CT molecular complexity index is 664. The predicted octanol–water partition coefficient (Wildman–Crippen LogP) is 2.37. The van der Waals surface area contributed by atoms with Crippen LogP contribution in [0, 0.1) is 6.92 Å². The van der Waals surface area contributed by atoms with E-state index in [4.69, 9.17) is 4.42 Å². The summed E-state index contributed by atoms with van der Waals surface area (Å²) in [5.41, 5.74) is 1.48. The van der Waals surface area contributed by atoms with Crippen molar-refractivity contribution in [2.45, 2.75) is 13.8 Å². The number of hydrogen-bond donors (Lipinski definition) is 2. The van der Waals surface area contributed by atoms with Crippen LogP contribution in [-0.2, 0) is 4.79 Å². The topological polar surface area (TPSA) is 71.3 Å². The summed E-state index contributed by atoms with van der Waals surface area (Å²) in [5.74, 6) is -0.0925. The summed E-state index contributed by atoms with van der Waals surface area (Å²) in [6.45, 7) is 4.04. The van der Waals surface area contributed by atoms with E-state index in [0.717, 1.165) is 15.4 Å². The predicted molar refractivity (Wildman–Crippen MR) is 79.7 cm³/mol. The third-order valence-corrected chi connectivity index (χ3v) is 3.38. The number of furan rings is 1. The quantitative estimate of drug-likeness (QED) is 0.840. The van der Waals surface area contributed by atoms with Crippen LogP contribution >= 0.6 is 15.9 Å². The molecular weight excluding hydrogens is 324 g/mol. The Balaban J connectivity index is 2.10. The highest BCUT2D eigenvalue weighted by atomic mass is 79.9. The molecule has 106 valence electrons. The first kappa shape index (κ1) is 14.6. The molecule has 1 aromatic heterocycles. The summed E-state index contributed by atoms with van der Waals surface area (Å²) in [6.07, 6.45) is 0. The largest absolute Gasteiger partial charge is 0.451 e. The van der Waals surface area contributed by atoms with Crippen molar-refractivity contribution in [3.8, 4) is 0 Å². The lowest BCUT2D eigenvalue weighted by molar-refractivity contribution is -0.118. The SMILES string of the molecule is CC(=O)NCCNC(=O)c1oc2ccc(Br)cc2c1C. The van der Waals surface area contributed by atoms with Crippen LogP contribution in [0.15, 0.2) is 27.1 Å². The number of fused-ring (bicyclic) bond motifs is 1. The van der Waals surface area contributed by atoms with Gasteiger partial charge in [0.05, 0.1) is 0 Å². The van der Waals surface area contributed by atoms with Gasteiger partial charge in [-0.25, -0.2) is 0 Å². The molecule has 5 nitrogen and oxygen atoms in total. The average molecular weight is 339 g/mol. The maximum Gasteiger partial charge on any atom is 0.287 e. The van der Waals surface area contributed by atoms with Crippen molar-refractivity contribution in [1.29, 1.82) is 0 Å². The van der Waals surface area contributed by atoms with Gasteiger partial charge in [0.15, 0.2) is 5.76 Å². The maximum atomic E-state index is 12.0. The summed E-state index contributed by atoms with van der Waals surface area (Å²) in [6, 6.07) is 5.60. The highest BCUT2D eigenvalue weighted by Gasteiger charge is 2.17. The van der Waals surface area contributed by atoms with E-state index in [9.17, 15) is 9.59 Å². The molecule has 0 aliphatic carbocycles. The molecule has 0 aliphatic rings. The lowest BCUT2D eigenvalue weighted by Gasteiger charge is -2.04. The number of nitrogens with one attached hydrogen (secondary N) is 2. The minimum absolute atomic E-state index is 0.121. The Kier molecular flexibility index (Phi) is 4.44. The van der Waals surface area contributed by atoms with Gasteiger partial charge in [-0.2, -0.15) is 0 Å². The summed E-state index contributed by atoms with van der Waals surface area (Å²) in [5, 5.41) is 6.23. The van der Waals surface area contributed by atoms with Gasteiger partial charge in [0.25, 0.3) is 5.91 Å². The first-order valence-corrected chi connectivity index (χ1v) is 6.99. The number of rotatable bonds is 4. The molecule has 0 spiro atoms. The first-order valence-electron chi connectivity index (χ1n) is 6.20.